The fourth-order valence-corrected chi connectivity index (χ4v) is 10.1. The molecule has 0 unspecified atom stereocenters. The van der Waals surface area contributed by atoms with Gasteiger partial charge in [-0.15, -0.1) is 11.3 Å². The number of thiophene rings is 1. The molecular weight excluding hydrogens is 773 g/mol. The van der Waals surface area contributed by atoms with E-state index in [1.54, 1.807) is 0 Å². The van der Waals surface area contributed by atoms with Crippen molar-refractivity contribution >= 4 is 53.3 Å². The van der Waals surface area contributed by atoms with Crippen LogP contribution in [-0.4, -0.2) is 19.5 Å². The lowest BCUT2D eigenvalue weighted by molar-refractivity contribution is 1.07. The van der Waals surface area contributed by atoms with Crippen LogP contribution in [-0.2, 0) is 0 Å². The topological polar surface area (TPSA) is 43.6 Å². The molecule has 12 aromatic rings. The van der Waals surface area contributed by atoms with Crippen LogP contribution in [0.25, 0.3) is 115 Å². The quantitative estimate of drug-likeness (QED) is 0.161. The van der Waals surface area contributed by atoms with Crippen LogP contribution in [0.5, 0.6) is 0 Å². The molecule has 0 aliphatic heterocycles. The van der Waals surface area contributed by atoms with E-state index in [9.17, 15) is 0 Å². The van der Waals surface area contributed by atoms with Crippen LogP contribution in [0.1, 0.15) is 0 Å². The molecular formula is C57H36N4S. The van der Waals surface area contributed by atoms with E-state index in [-0.39, 0.29) is 0 Å². The zero-order valence-corrected chi connectivity index (χ0v) is 34.3. The minimum Gasteiger partial charge on any atom is -0.309 e. The Hall–Kier alpha value is -7.99. The second-order valence-corrected chi connectivity index (χ2v) is 16.7. The number of hydrogen-bond donors (Lipinski definition) is 0. The van der Waals surface area contributed by atoms with Crippen molar-refractivity contribution in [3.8, 4) is 73.2 Å². The molecule has 0 atom stereocenters. The van der Waals surface area contributed by atoms with Gasteiger partial charge in [-0.05, 0) is 88.5 Å². The highest BCUT2D eigenvalue weighted by atomic mass is 32.1. The molecule has 0 N–H and O–H groups in total. The minimum absolute atomic E-state index is 0.625. The molecule has 0 amide bonds. The fourth-order valence-electron chi connectivity index (χ4n) is 8.97. The molecule has 0 fully saturated rings. The fraction of sp³-hybridized carbons (Fsp3) is 0. The van der Waals surface area contributed by atoms with Gasteiger partial charge in [0.25, 0.3) is 0 Å². The Balaban J connectivity index is 1.06. The zero-order chi connectivity index (χ0) is 41.0. The highest BCUT2D eigenvalue weighted by Gasteiger charge is 2.20. The van der Waals surface area contributed by atoms with E-state index < -0.39 is 0 Å². The maximum absolute atomic E-state index is 5.30. The summed E-state index contributed by atoms with van der Waals surface area (Å²) in [5.41, 5.74) is 13.2. The number of aromatic nitrogens is 4. The largest absolute Gasteiger partial charge is 0.309 e. The predicted molar refractivity (Wildman–Crippen MR) is 260 cm³/mol. The average molecular weight is 809 g/mol. The summed E-state index contributed by atoms with van der Waals surface area (Å²) in [4.78, 5) is 15.7. The average Bonchev–Trinajstić information content (AvgIpc) is 3.90. The van der Waals surface area contributed by atoms with Crippen LogP contribution in [0.4, 0.5) is 0 Å². The van der Waals surface area contributed by atoms with Gasteiger partial charge in [-0.3, -0.25) is 0 Å². The first-order valence-corrected chi connectivity index (χ1v) is 21.7. The smallest absolute Gasteiger partial charge is 0.164 e. The maximum atomic E-state index is 5.30. The van der Waals surface area contributed by atoms with Gasteiger partial charge in [0.05, 0.1) is 16.7 Å². The Bertz CT molecular complexity index is 3520. The van der Waals surface area contributed by atoms with Gasteiger partial charge in [-0.25, -0.2) is 15.0 Å². The number of para-hydroxylation sites is 3. The Morgan fingerprint density at radius 3 is 1.45 bits per heavy atom. The maximum Gasteiger partial charge on any atom is 0.164 e. The van der Waals surface area contributed by atoms with Gasteiger partial charge in [-0.1, -0.05) is 158 Å². The molecule has 0 saturated heterocycles. The van der Waals surface area contributed by atoms with Crippen molar-refractivity contribution in [2.75, 3.05) is 0 Å². The van der Waals surface area contributed by atoms with E-state index in [0.29, 0.717) is 17.5 Å². The van der Waals surface area contributed by atoms with Crippen molar-refractivity contribution in [2.45, 2.75) is 0 Å². The summed E-state index contributed by atoms with van der Waals surface area (Å²) in [6.07, 6.45) is 0. The molecule has 0 saturated carbocycles. The molecule has 3 aromatic heterocycles. The lowest BCUT2D eigenvalue weighted by atomic mass is 9.95. The van der Waals surface area contributed by atoms with E-state index in [0.717, 1.165) is 44.6 Å². The van der Waals surface area contributed by atoms with Crippen molar-refractivity contribution in [3.63, 3.8) is 0 Å². The van der Waals surface area contributed by atoms with Gasteiger partial charge in [0, 0.05) is 53.2 Å². The van der Waals surface area contributed by atoms with Gasteiger partial charge in [-0.2, -0.15) is 0 Å². The van der Waals surface area contributed by atoms with Crippen LogP contribution in [0.15, 0.2) is 218 Å². The van der Waals surface area contributed by atoms with E-state index in [2.05, 4.69) is 205 Å². The molecule has 4 nitrogen and oxygen atoms in total. The third kappa shape index (κ3) is 6.18. The van der Waals surface area contributed by atoms with Crippen molar-refractivity contribution < 1.29 is 0 Å². The predicted octanol–water partition coefficient (Wildman–Crippen LogP) is 15.3. The second-order valence-electron chi connectivity index (χ2n) is 15.6. The third-order valence-corrected chi connectivity index (χ3v) is 13.0. The summed E-state index contributed by atoms with van der Waals surface area (Å²) in [6, 6.07) is 77.5. The lowest BCUT2D eigenvalue weighted by Gasteiger charge is -2.15. The first-order valence-electron chi connectivity index (χ1n) is 20.8. The van der Waals surface area contributed by atoms with Crippen LogP contribution in [0.3, 0.4) is 0 Å². The molecule has 0 bridgehead atoms. The van der Waals surface area contributed by atoms with Crippen LogP contribution < -0.4 is 0 Å². The molecule has 0 radical (unpaired) electrons. The Kier molecular flexibility index (Phi) is 8.65. The van der Waals surface area contributed by atoms with Gasteiger partial charge < -0.3 is 4.57 Å². The molecule has 5 heteroatoms. The Morgan fingerprint density at radius 2 is 0.806 bits per heavy atom. The van der Waals surface area contributed by atoms with E-state index in [4.69, 9.17) is 15.0 Å². The second kappa shape index (κ2) is 14.9. The molecule has 9 aromatic carbocycles. The van der Waals surface area contributed by atoms with E-state index in [1.165, 1.54) is 53.1 Å². The van der Waals surface area contributed by atoms with Crippen molar-refractivity contribution in [1.82, 2.24) is 19.5 Å². The Labute approximate surface area is 362 Å². The summed E-state index contributed by atoms with van der Waals surface area (Å²) < 4.78 is 4.87. The van der Waals surface area contributed by atoms with Gasteiger partial charge in [0.1, 0.15) is 0 Å². The monoisotopic (exact) mass is 808 g/mol. The molecule has 3 heterocycles. The first-order chi connectivity index (χ1) is 30.7. The highest BCUT2D eigenvalue weighted by molar-refractivity contribution is 7.26. The van der Waals surface area contributed by atoms with E-state index >= 15 is 0 Å². The molecule has 0 aliphatic carbocycles. The summed E-state index contributed by atoms with van der Waals surface area (Å²) in [5, 5.41) is 4.90. The lowest BCUT2D eigenvalue weighted by Crippen LogP contribution is -2.00. The molecule has 12 rings (SSSR count). The standard InChI is InChI=1S/C57H36N4S/c1-4-17-37(18-5-1)41-33-42(38-19-6-2-7-20-38)35-43(34-41)57-59-55(39-21-8-3-9-22-39)58-56(60-57)40-31-32-52-48(36-40)54-47(26-16-30-53(54)62-52)46-25-12-15-29-51(46)61-49-27-13-10-23-44(49)45-24-11-14-28-50(45)61/h1-36H. The SMILES string of the molecule is c1ccc(-c2cc(-c3ccccc3)cc(-c3nc(-c4ccccc4)nc(-c4ccc5sc6cccc(-c7ccccc7-n7c8ccccc8c8ccccc87)c6c5c4)n3)c2)cc1. The van der Waals surface area contributed by atoms with Crippen molar-refractivity contribution in [1.29, 1.82) is 0 Å². The normalized spacial score (nSPS) is 11.5. The number of nitrogens with zero attached hydrogens (tertiary/aromatic N) is 4. The molecule has 62 heavy (non-hydrogen) atoms. The minimum atomic E-state index is 0.625. The number of rotatable bonds is 7. The highest BCUT2D eigenvalue weighted by Crippen LogP contribution is 2.44. The van der Waals surface area contributed by atoms with Gasteiger partial charge >= 0.3 is 0 Å². The first kappa shape index (κ1) is 35.9. The van der Waals surface area contributed by atoms with Gasteiger partial charge in [0.15, 0.2) is 17.5 Å². The summed E-state index contributed by atoms with van der Waals surface area (Å²) >= 11 is 1.82. The van der Waals surface area contributed by atoms with Crippen molar-refractivity contribution in [2.24, 2.45) is 0 Å². The summed E-state index contributed by atoms with van der Waals surface area (Å²) in [7, 11) is 0. The van der Waals surface area contributed by atoms with E-state index in [1.807, 2.05) is 29.5 Å². The third-order valence-electron chi connectivity index (χ3n) is 11.8. The zero-order valence-electron chi connectivity index (χ0n) is 33.5. The molecule has 290 valence electrons. The van der Waals surface area contributed by atoms with Crippen LogP contribution in [0, 0.1) is 0 Å². The van der Waals surface area contributed by atoms with Crippen LogP contribution >= 0.6 is 11.3 Å². The van der Waals surface area contributed by atoms with Crippen LogP contribution in [0.2, 0.25) is 0 Å². The number of benzene rings is 9. The van der Waals surface area contributed by atoms with Crippen molar-refractivity contribution in [3.05, 3.63) is 218 Å². The summed E-state index contributed by atoms with van der Waals surface area (Å²) in [5.74, 6) is 1.89. The summed E-state index contributed by atoms with van der Waals surface area (Å²) in [6.45, 7) is 0. The molecule has 0 spiro atoms. The number of hydrogen-bond acceptors (Lipinski definition) is 4. The number of fused-ring (bicyclic) bond motifs is 6. The molecule has 0 aliphatic rings. The Morgan fingerprint density at radius 1 is 0.306 bits per heavy atom. The van der Waals surface area contributed by atoms with Gasteiger partial charge in [0.2, 0.25) is 0 Å².